The summed E-state index contributed by atoms with van der Waals surface area (Å²) in [5, 5.41) is 3.42. The van der Waals surface area contributed by atoms with Crippen LogP contribution in [-0.2, 0) is 6.42 Å². The molecule has 0 radical (unpaired) electrons. The highest BCUT2D eigenvalue weighted by molar-refractivity contribution is 9.10. The fraction of sp³-hybridized carbons (Fsp3) is 0.600. The number of nitrogens with one attached hydrogen (secondary N) is 1. The summed E-state index contributed by atoms with van der Waals surface area (Å²) in [6, 6.07) is 5.75. The molecule has 3 heteroatoms. The lowest BCUT2D eigenvalue weighted by atomic mass is 9.91. The predicted molar refractivity (Wildman–Crippen MR) is 77.2 cm³/mol. The van der Waals surface area contributed by atoms with Gasteiger partial charge in [-0.25, -0.2) is 4.39 Å². The first kappa shape index (κ1) is 14.0. The molecule has 1 aromatic carbocycles. The Hall–Kier alpha value is -0.410. The van der Waals surface area contributed by atoms with E-state index in [4.69, 9.17) is 0 Å². The van der Waals surface area contributed by atoms with Gasteiger partial charge in [0.25, 0.3) is 0 Å². The number of benzene rings is 1. The van der Waals surface area contributed by atoms with Crippen molar-refractivity contribution in [3.8, 4) is 0 Å². The van der Waals surface area contributed by atoms with Crippen LogP contribution in [0.1, 0.15) is 31.7 Å². The van der Waals surface area contributed by atoms with Crippen molar-refractivity contribution in [2.24, 2.45) is 11.8 Å². The standard InChI is InChI=1S/C15H21BrFN/c1-10-6-7-11(8-10)14(18-2)9-12-4-3-5-13(17)15(12)16/h3-5,10-11,14,18H,6-9H2,1-2H3. The van der Waals surface area contributed by atoms with Crippen LogP contribution in [0.2, 0.25) is 0 Å². The molecule has 1 saturated carbocycles. The van der Waals surface area contributed by atoms with Crippen LogP contribution in [0.3, 0.4) is 0 Å². The molecular formula is C15H21BrFN. The summed E-state index contributed by atoms with van der Waals surface area (Å²) in [7, 11) is 2.01. The van der Waals surface area contributed by atoms with Crippen LogP contribution in [0.4, 0.5) is 4.39 Å². The van der Waals surface area contributed by atoms with Crippen molar-refractivity contribution in [1.29, 1.82) is 0 Å². The van der Waals surface area contributed by atoms with Crippen LogP contribution in [-0.4, -0.2) is 13.1 Å². The van der Waals surface area contributed by atoms with E-state index in [2.05, 4.69) is 28.2 Å². The molecule has 2 rings (SSSR count). The molecule has 0 bridgehead atoms. The van der Waals surface area contributed by atoms with Gasteiger partial charge in [-0.2, -0.15) is 0 Å². The van der Waals surface area contributed by atoms with Crippen LogP contribution in [0.25, 0.3) is 0 Å². The highest BCUT2D eigenvalue weighted by atomic mass is 79.9. The second-order valence-electron chi connectivity index (χ2n) is 5.49. The molecule has 1 aromatic rings. The zero-order chi connectivity index (χ0) is 13.1. The van der Waals surface area contributed by atoms with E-state index in [9.17, 15) is 4.39 Å². The molecule has 1 fully saturated rings. The summed E-state index contributed by atoms with van der Waals surface area (Å²) in [5.41, 5.74) is 1.06. The summed E-state index contributed by atoms with van der Waals surface area (Å²) in [5.74, 6) is 1.39. The summed E-state index contributed by atoms with van der Waals surface area (Å²) in [6.07, 6.45) is 4.80. The molecule has 0 amide bonds. The summed E-state index contributed by atoms with van der Waals surface area (Å²) in [4.78, 5) is 0. The van der Waals surface area contributed by atoms with Gasteiger partial charge in [0.15, 0.2) is 0 Å². The van der Waals surface area contributed by atoms with E-state index in [1.165, 1.54) is 25.3 Å². The molecule has 0 heterocycles. The van der Waals surface area contributed by atoms with Crippen molar-refractivity contribution >= 4 is 15.9 Å². The Labute approximate surface area is 117 Å². The van der Waals surface area contributed by atoms with Crippen LogP contribution in [0.5, 0.6) is 0 Å². The Morgan fingerprint density at radius 3 is 2.83 bits per heavy atom. The molecule has 1 aliphatic carbocycles. The van der Waals surface area contributed by atoms with Crippen molar-refractivity contribution in [2.75, 3.05) is 7.05 Å². The third-order valence-electron chi connectivity index (χ3n) is 4.15. The molecule has 1 N–H and O–H groups in total. The third-order valence-corrected chi connectivity index (χ3v) is 5.03. The van der Waals surface area contributed by atoms with E-state index in [1.807, 2.05) is 13.1 Å². The maximum atomic E-state index is 13.5. The Kier molecular flexibility index (Phi) is 4.79. The first-order valence-corrected chi connectivity index (χ1v) is 7.51. The lowest BCUT2D eigenvalue weighted by Gasteiger charge is -2.24. The molecule has 1 aliphatic rings. The zero-order valence-electron chi connectivity index (χ0n) is 11.0. The molecule has 0 aromatic heterocycles. The number of hydrogen-bond donors (Lipinski definition) is 1. The van der Waals surface area contributed by atoms with E-state index < -0.39 is 0 Å². The minimum absolute atomic E-state index is 0.165. The third kappa shape index (κ3) is 3.12. The maximum Gasteiger partial charge on any atom is 0.137 e. The first-order chi connectivity index (χ1) is 8.61. The van der Waals surface area contributed by atoms with Gasteiger partial charge in [0.1, 0.15) is 5.82 Å². The normalized spacial score (nSPS) is 25.3. The number of rotatable bonds is 4. The maximum absolute atomic E-state index is 13.5. The van der Waals surface area contributed by atoms with E-state index in [0.717, 1.165) is 23.8 Å². The van der Waals surface area contributed by atoms with E-state index >= 15 is 0 Å². The minimum Gasteiger partial charge on any atom is -0.316 e. The Morgan fingerprint density at radius 1 is 1.44 bits per heavy atom. The lowest BCUT2D eigenvalue weighted by molar-refractivity contribution is 0.366. The van der Waals surface area contributed by atoms with Gasteiger partial charge in [0.05, 0.1) is 4.47 Å². The molecule has 1 nitrogen and oxygen atoms in total. The average Bonchev–Trinajstić information content (AvgIpc) is 2.78. The molecule has 100 valence electrons. The van der Waals surface area contributed by atoms with E-state index in [0.29, 0.717) is 10.5 Å². The smallest absolute Gasteiger partial charge is 0.137 e. The van der Waals surface area contributed by atoms with Gasteiger partial charge in [-0.1, -0.05) is 25.5 Å². The van der Waals surface area contributed by atoms with Gasteiger partial charge in [0, 0.05) is 6.04 Å². The molecule has 3 atom stereocenters. The predicted octanol–water partition coefficient (Wildman–Crippen LogP) is 4.15. The fourth-order valence-corrected chi connectivity index (χ4v) is 3.49. The quantitative estimate of drug-likeness (QED) is 0.880. The second kappa shape index (κ2) is 6.16. The van der Waals surface area contributed by atoms with Crippen molar-refractivity contribution in [3.05, 3.63) is 34.1 Å². The van der Waals surface area contributed by atoms with Gasteiger partial charge in [-0.15, -0.1) is 0 Å². The molecular weight excluding hydrogens is 293 g/mol. The largest absolute Gasteiger partial charge is 0.316 e. The van der Waals surface area contributed by atoms with Gasteiger partial charge in [-0.05, 0) is 65.7 Å². The number of halogens is 2. The zero-order valence-corrected chi connectivity index (χ0v) is 12.6. The average molecular weight is 314 g/mol. The van der Waals surface area contributed by atoms with Crippen LogP contribution in [0, 0.1) is 17.7 Å². The van der Waals surface area contributed by atoms with Crippen molar-refractivity contribution in [3.63, 3.8) is 0 Å². The van der Waals surface area contributed by atoms with Gasteiger partial charge in [0.2, 0.25) is 0 Å². The SMILES string of the molecule is CNC(Cc1cccc(F)c1Br)C1CCC(C)C1. The number of likely N-dealkylation sites (N-methyl/N-ethyl adjacent to an activating group) is 1. The Bertz CT molecular complexity index is 407. The molecule has 0 spiro atoms. The monoisotopic (exact) mass is 313 g/mol. The number of hydrogen-bond acceptors (Lipinski definition) is 1. The van der Waals surface area contributed by atoms with Crippen molar-refractivity contribution in [1.82, 2.24) is 5.32 Å². The molecule has 0 aliphatic heterocycles. The van der Waals surface area contributed by atoms with Gasteiger partial charge >= 0.3 is 0 Å². The fourth-order valence-electron chi connectivity index (χ4n) is 3.06. The first-order valence-electron chi connectivity index (χ1n) is 6.72. The Morgan fingerprint density at radius 2 is 2.22 bits per heavy atom. The summed E-state index contributed by atoms with van der Waals surface area (Å²) >= 11 is 3.36. The summed E-state index contributed by atoms with van der Waals surface area (Å²) < 4.78 is 14.1. The van der Waals surface area contributed by atoms with E-state index in [-0.39, 0.29) is 5.82 Å². The van der Waals surface area contributed by atoms with E-state index in [1.54, 1.807) is 6.07 Å². The molecule has 3 unspecified atom stereocenters. The lowest BCUT2D eigenvalue weighted by Crippen LogP contribution is -2.34. The van der Waals surface area contributed by atoms with Crippen LogP contribution < -0.4 is 5.32 Å². The molecule has 18 heavy (non-hydrogen) atoms. The van der Waals surface area contributed by atoms with Crippen LogP contribution in [0.15, 0.2) is 22.7 Å². The molecule has 0 saturated heterocycles. The van der Waals surface area contributed by atoms with Crippen LogP contribution >= 0.6 is 15.9 Å². The Balaban J connectivity index is 2.08. The summed E-state index contributed by atoms with van der Waals surface area (Å²) in [6.45, 7) is 2.32. The topological polar surface area (TPSA) is 12.0 Å². The van der Waals surface area contributed by atoms with Crippen molar-refractivity contribution < 1.29 is 4.39 Å². The highest BCUT2D eigenvalue weighted by Gasteiger charge is 2.28. The van der Waals surface area contributed by atoms with Gasteiger partial charge < -0.3 is 5.32 Å². The minimum atomic E-state index is -0.165. The highest BCUT2D eigenvalue weighted by Crippen LogP contribution is 2.34. The van der Waals surface area contributed by atoms with Crippen molar-refractivity contribution in [2.45, 2.75) is 38.6 Å². The van der Waals surface area contributed by atoms with Gasteiger partial charge in [-0.3, -0.25) is 0 Å². The second-order valence-corrected chi connectivity index (χ2v) is 6.28.